The molecule has 3 aromatic rings. The van der Waals surface area contributed by atoms with Crippen molar-refractivity contribution in [3.05, 3.63) is 70.0 Å². The van der Waals surface area contributed by atoms with Gasteiger partial charge in [-0.2, -0.15) is 0 Å². The van der Waals surface area contributed by atoms with Gasteiger partial charge in [0.15, 0.2) is 0 Å². The lowest BCUT2D eigenvalue weighted by atomic mass is 10.1. The van der Waals surface area contributed by atoms with E-state index in [4.69, 9.17) is 4.74 Å². The normalized spacial score (nSPS) is 11.6. The largest absolute Gasteiger partial charge is 0.494 e. The number of benzene rings is 2. The fourth-order valence-electron chi connectivity index (χ4n) is 2.70. The van der Waals surface area contributed by atoms with E-state index in [0.29, 0.717) is 17.9 Å². The van der Waals surface area contributed by atoms with Gasteiger partial charge in [0.05, 0.1) is 17.0 Å². The molecule has 2 N–H and O–H groups in total. The van der Waals surface area contributed by atoms with Crippen molar-refractivity contribution in [2.24, 2.45) is 0 Å². The van der Waals surface area contributed by atoms with Crippen LogP contribution in [0, 0.1) is 6.92 Å². The Bertz CT molecular complexity index is 1090. The Morgan fingerprint density at radius 2 is 1.85 bits per heavy atom. The number of sulfonamides is 1. The van der Waals surface area contributed by atoms with Crippen LogP contribution in [0.25, 0.3) is 10.9 Å². The Morgan fingerprint density at radius 1 is 1.12 bits per heavy atom. The number of aryl methyl sites for hydroxylation is 1. The van der Waals surface area contributed by atoms with Crippen molar-refractivity contribution in [3.63, 3.8) is 0 Å². The van der Waals surface area contributed by atoms with Crippen LogP contribution in [0.4, 0.5) is 0 Å². The Kier molecular flexibility index (Phi) is 5.11. The minimum Gasteiger partial charge on any atom is -0.494 e. The predicted octanol–water partition coefficient (Wildman–Crippen LogP) is 2.71. The van der Waals surface area contributed by atoms with Gasteiger partial charge in [-0.3, -0.25) is 4.79 Å². The molecule has 1 aromatic heterocycles. The summed E-state index contributed by atoms with van der Waals surface area (Å²) >= 11 is 0. The molecule has 0 spiro atoms. The zero-order chi connectivity index (χ0) is 18.7. The molecule has 0 amide bonds. The SMILES string of the molecule is CCOc1ccc(S(=O)(=O)NCc2cc3cccc(C)c3[nH]c2=O)cc1. The summed E-state index contributed by atoms with van der Waals surface area (Å²) in [5.41, 5.74) is 1.77. The maximum Gasteiger partial charge on any atom is 0.252 e. The van der Waals surface area contributed by atoms with Crippen molar-refractivity contribution >= 4 is 20.9 Å². The van der Waals surface area contributed by atoms with Crippen molar-refractivity contribution in [3.8, 4) is 5.75 Å². The molecule has 26 heavy (non-hydrogen) atoms. The molecule has 0 aliphatic heterocycles. The number of para-hydroxylation sites is 1. The van der Waals surface area contributed by atoms with Gasteiger partial charge in [0, 0.05) is 12.1 Å². The summed E-state index contributed by atoms with van der Waals surface area (Å²) in [7, 11) is -3.73. The zero-order valence-electron chi connectivity index (χ0n) is 14.6. The van der Waals surface area contributed by atoms with Crippen LogP contribution in [0.5, 0.6) is 5.75 Å². The third-order valence-electron chi connectivity index (χ3n) is 4.06. The average molecular weight is 372 g/mol. The summed E-state index contributed by atoms with van der Waals surface area (Å²) < 4.78 is 32.7. The van der Waals surface area contributed by atoms with E-state index >= 15 is 0 Å². The van der Waals surface area contributed by atoms with E-state index in [2.05, 4.69) is 9.71 Å². The van der Waals surface area contributed by atoms with Crippen LogP contribution in [0.3, 0.4) is 0 Å². The summed E-state index contributed by atoms with van der Waals surface area (Å²) in [4.78, 5) is 15.2. The van der Waals surface area contributed by atoms with E-state index in [9.17, 15) is 13.2 Å². The van der Waals surface area contributed by atoms with Crippen molar-refractivity contribution in [2.75, 3.05) is 6.61 Å². The van der Waals surface area contributed by atoms with E-state index < -0.39 is 10.0 Å². The van der Waals surface area contributed by atoms with Gasteiger partial charge in [-0.05, 0) is 55.1 Å². The fourth-order valence-corrected chi connectivity index (χ4v) is 3.70. The number of ether oxygens (including phenoxy) is 1. The molecule has 1 heterocycles. The Hall–Kier alpha value is -2.64. The fraction of sp³-hybridized carbons (Fsp3) is 0.211. The highest BCUT2D eigenvalue weighted by Gasteiger charge is 2.15. The van der Waals surface area contributed by atoms with E-state index in [-0.39, 0.29) is 17.0 Å². The number of nitrogens with one attached hydrogen (secondary N) is 2. The molecular formula is C19H20N2O4S. The van der Waals surface area contributed by atoms with Crippen LogP contribution in [-0.4, -0.2) is 20.0 Å². The maximum atomic E-state index is 12.4. The van der Waals surface area contributed by atoms with Crippen LogP contribution >= 0.6 is 0 Å². The van der Waals surface area contributed by atoms with Gasteiger partial charge in [-0.1, -0.05) is 18.2 Å². The van der Waals surface area contributed by atoms with Gasteiger partial charge in [0.25, 0.3) is 5.56 Å². The molecule has 0 aliphatic carbocycles. The highest BCUT2D eigenvalue weighted by molar-refractivity contribution is 7.89. The number of hydrogen-bond donors (Lipinski definition) is 2. The Balaban J connectivity index is 1.82. The molecule has 0 fully saturated rings. The number of hydrogen-bond acceptors (Lipinski definition) is 4. The number of H-pyrrole nitrogens is 1. The standard InChI is InChI=1S/C19H20N2O4S/c1-3-25-16-7-9-17(10-8-16)26(23,24)20-12-15-11-14-6-4-5-13(2)18(14)21-19(15)22/h4-11,20H,3,12H2,1-2H3,(H,21,22). The number of rotatable bonds is 6. The van der Waals surface area contributed by atoms with Crippen molar-refractivity contribution < 1.29 is 13.2 Å². The van der Waals surface area contributed by atoms with Crippen molar-refractivity contribution in [1.82, 2.24) is 9.71 Å². The quantitative estimate of drug-likeness (QED) is 0.696. The minimum absolute atomic E-state index is 0.0885. The van der Waals surface area contributed by atoms with Crippen LogP contribution in [-0.2, 0) is 16.6 Å². The lowest BCUT2D eigenvalue weighted by Gasteiger charge is -2.09. The lowest BCUT2D eigenvalue weighted by Crippen LogP contribution is -2.27. The van der Waals surface area contributed by atoms with Crippen LogP contribution in [0.15, 0.2) is 58.2 Å². The molecule has 0 aliphatic rings. The van der Waals surface area contributed by atoms with Gasteiger partial charge in [0.1, 0.15) is 5.75 Å². The number of fused-ring (bicyclic) bond motifs is 1. The van der Waals surface area contributed by atoms with E-state index in [1.165, 1.54) is 12.1 Å². The van der Waals surface area contributed by atoms with Gasteiger partial charge < -0.3 is 9.72 Å². The van der Waals surface area contributed by atoms with E-state index in [0.717, 1.165) is 16.5 Å². The molecule has 3 rings (SSSR count). The van der Waals surface area contributed by atoms with Crippen LogP contribution < -0.4 is 15.0 Å². The summed E-state index contributed by atoms with van der Waals surface area (Å²) in [5, 5.41) is 0.861. The van der Waals surface area contributed by atoms with Gasteiger partial charge in [-0.15, -0.1) is 0 Å². The molecule has 0 unspecified atom stereocenters. The first-order valence-corrected chi connectivity index (χ1v) is 9.73. The summed E-state index contributed by atoms with van der Waals surface area (Å²) in [6.07, 6.45) is 0. The Morgan fingerprint density at radius 3 is 2.54 bits per heavy atom. The smallest absolute Gasteiger partial charge is 0.252 e. The highest BCUT2D eigenvalue weighted by atomic mass is 32.2. The zero-order valence-corrected chi connectivity index (χ0v) is 15.4. The number of aromatic nitrogens is 1. The van der Waals surface area contributed by atoms with Gasteiger partial charge in [-0.25, -0.2) is 13.1 Å². The molecule has 0 radical (unpaired) electrons. The molecule has 0 atom stereocenters. The second-order valence-corrected chi connectivity index (χ2v) is 7.66. The van der Waals surface area contributed by atoms with Crippen molar-refractivity contribution in [2.45, 2.75) is 25.3 Å². The third-order valence-corrected chi connectivity index (χ3v) is 5.48. The summed E-state index contributed by atoms with van der Waals surface area (Å²) in [5.74, 6) is 0.604. The van der Waals surface area contributed by atoms with Crippen molar-refractivity contribution in [1.29, 1.82) is 0 Å². The average Bonchev–Trinajstić information content (AvgIpc) is 2.62. The number of pyridine rings is 1. The van der Waals surface area contributed by atoms with Gasteiger partial charge in [0.2, 0.25) is 10.0 Å². The van der Waals surface area contributed by atoms with Crippen LogP contribution in [0.2, 0.25) is 0 Å². The first-order chi connectivity index (χ1) is 12.4. The first-order valence-electron chi connectivity index (χ1n) is 8.25. The summed E-state index contributed by atoms with van der Waals surface area (Å²) in [6.45, 7) is 4.19. The molecule has 136 valence electrons. The Labute approximate surface area is 151 Å². The summed E-state index contributed by atoms with van der Waals surface area (Å²) in [6, 6.07) is 13.5. The minimum atomic E-state index is -3.73. The number of aromatic amines is 1. The van der Waals surface area contributed by atoms with Gasteiger partial charge >= 0.3 is 0 Å². The lowest BCUT2D eigenvalue weighted by molar-refractivity contribution is 0.340. The second-order valence-electron chi connectivity index (χ2n) is 5.89. The maximum absolute atomic E-state index is 12.4. The molecule has 0 saturated carbocycles. The third kappa shape index (κ3) is 3.79. The predicted molar refractivity (Wildman–Crippen MR) is 101 cm³/mol. The molecule has 0 saturated heterocycles. The molecule has 2 aromatic carbocycles. The molecule has 7 heteroatoms. The molecule has 6 nitrogen and oxygen atoms in total. The molecule has 0 bridgehead atoms. The van der Waals surface area contributed by atoms with E-state index in [1.54, 1.807) is 18.2 Å². The molecular weight excluding hydrogens is 352 g/mol. The van der Waals surface area contributed by atoms with Crippen LogP contribution in [0.1, 0.15) is 18.1 Å². The first kappa shape index (κ1) is 18.2. The van der Waals surface area contributed by atoms with E-state index in [1.807, 2.05) is 32.0 Å². The monoisotopic (exact) mass is 372 g/mol. The highest BCUT2D eigenvalue weighted by Crippen LogP contribution is 2.17. The topological polar surface area (TPSA) is 88.3 Å². The second kappa shape index (κ2) is 7.31.